The number of hydrogen-bond donors (Lipinski definition) is 3. The molecule has 0 radical (unpaired) electrons. The van der Waals surface area contributed by atoms with E-state index in [1.54, 1.807) is 31.3 Å². The largest absolute Gasteiger partial charge is 0.495 e. The number of ether oxygens (including phenoxy) is 1. The summed E-state index contributed by atoms with van der Waals surface area (Å²) >= 11 is 0. The number of aliphatic carboxylic acids is 1. The topological polar surface area (TPSA) is 99.1 Å². The molecule has 1 aromatic carbocycles. The first-order chi connectivity index (χ1) is 9.47. The minimum atomic E-state index is -1.48. The van der Waals surface area contributed by atoms with Crippen LogP contribution in [-0.2, 0) is 4.79 Å². The number of carbonyl (C=O) groups is 2. The second kappa shape index (κ2) is 7.34. The Hall–Kier alpha value is -2.28. The molecule has 0 bridgehead atoms. The predicted octanol–water partition coefficient (Wildman–Crippen LogP) is 0.677. The van der Waals surface area contributed by atoms with Crippen LogP contribution < -0.4 is 15.0 Å². The normalized spacial score (nSPS) is 11.6. The molecule has 1 rings (SSSR count). The lowest BCUT2D eigenvalue weighted by atomic mass is 10.2. The summed E-state index contributed by atoms with van der Waals surface area (Å²) < 4.78 is 5.15. The molecule has 0 saturated carbocycles. The number of anilines is 1. The first kappa shape index (κ1) is 15.8. The maximum atomic E-state index is 11.9. The van der Waals surface area contributed by atoms with Gasteiger partial charge in [0.2, 0.25) is 0 Å². The Kier molecular flexibility index (Phi) is 5.79. The van der Waals surface area contributed by atoms with Gasteiger partial charge in [-0.3, -0.25) is 4.90 Å². The monoisotopic (exact) mass is 282 g/mol. The summed E-state index contributed by atoms with van der Waals surface area (Å²) in [5.74, 6) is -0.756. The molecule has 0 aliphatic heterocycles. The highest BCUT2D eigenvalue weighted by atomic mass is 16.5. The third-order valence-corrected chi connectivity index (χ3v) is 2.73. The third-order valence-electron chi connectivity index (χ3n) is 2.73. The van der Waals surface area contributed by atoms with Crippen molar-refractivity contribution < 1.29 is 24.5 Å². The number of benzene rings is 1. The van der Waals surface area contributed by atoms with Gasteiger partial charge in [0.05, 0.1) is 12.8 Å². The first-order valence-corrected chi connectivity index (χ1v) is 6.02. The van der Waals surface area contributed by atoms with Crippen molar-refractivity contribution in [3.63, 3.8) is 0 Å². The van der Waals surface area contributed by atoms with Crippen LogP contribution in [0, 0.1) is 0 Å². The van der Waals surface area contributed by atoms with Crippen LogP contribution in [-0.4, -0.2) is 49.0 Å². The van der Waals surface area contributed by atoms with Gasteiger partial charge in [-0.2, -0.15) is 0 Å². The van der Waals surface area contributed by atoms with Crippen molar-refractivity contribution >= 4 is 17.7 Å². The number of nitrogens with zero attached hydrogens (tertiary/aromatic N) is 1. The van der Waals surface area contributed by atoms with E-state index in [0.29, 0.717) is 11.4 Å². The van der Waals surface area contributed by atoms with Crippen LogP contribution in [0.1, 0.15) is 6.42 Å². The maximum absolute atomic E-state index is 11.9. The Morgan fingerprint density at radius 2 is 2.05 bits per heavy atom. The van der Waals surface area contributed by atoms with Gasteiger partial charge in [-0.05, 0) is 12.1 Å². The zero-order chi connectivity index (χ0) is 15.1. The number of hydrogen-bond acceptors (Lipinski definition) is 4. The summed E-state index contributed by atoms with van der Waals surface area (Å²) in [4.78, 5) is 23.7. The number of rotatable bonds is 6. The van der Waals surface area contributed by atoms with E-state index in [2.05, 4.69) is 5.32 Å². The number of carboxylic acids is 1. The predicted molar refractivity (Wildman–Crippen MR) is 73.1 cm³/mol. The molecular formula is C13H18N2O5. The summed E-state index contributed by atoms with van der Waals surface area (Å²) in [6, 6.07) is 6.61. The lowest BCUT2D eigenvalue weighted by molar-refractivity contribution is -0.146. The molecule has 0 aliphatic carbocycles. The summed E-state index contributed by atoms with van der Waals surface area (Å²) in [7, 11) is 3.08. The van der Waals surface area contributed by atoms with E-state index in [1.165, 1.54) is 12.0 Å². The maximum Gasteiger partial charge on any atom is 0.332 e. The van der Waals surface area contributed by atoms with Crippen LogP contribution in [0.4, 0.5) is 10.5 Å². The van der Waals surface area contributed by atoms with Gasteiger partial charge in [0.15, 0.2) is 6.10 Å². The number of carboxylic acid groups (broad SMARTS) is 1. The molecule has 7 heteroatoms. The standard InChI is InChI=1S/C13H18N2O5/c1-15(9-5-3-4-6-11(9)20-2)13(19)14-8-7-10(16)12(17)18/h3-6,10,16H,7-8H2,1-2H3,(H,14,19)(H,17,18)/t10-/m0/s1. The minimum absolute atomic E-state index is 0.0547. The second-order valence-corrected chi connectivity index (χ2v) is 4.11. The van der Waals surface area contributed by atoms with Gasteiger partial charge in [0.1, 0.15) is 5.75 Å². The van der Waals surface area contributed by atoms with E-state index < -0.39 is 18.1 Å². The fourth-order valence-corrected chi connectivity index (χ4v) is 1.57. The fourth-order valence-electron chi connectivity index (χ4n) is 1.57. The molecule has 0 unspecified atom stereocenters. The van der Waals surface area contributed by atoms with Crippen molar-refractivity contribution in [1.29, 1.82) is 0 Å². The Balaban J connectivity index is 2.57. The van der Waals surface area contributed by atoms with Crippen molar-refractivity contribution in [1.82, 2.24) is 5.32 Å². The van der Waals surface area contributed by atoms with Crippen molar-refractivity contribution in [2.45, 2.75) is 12.5 Å². The van der Waals surface area contributed by atoms with Crippen LogP contribution >= 0.6 is 0 Å². The summed E-state index contributed by atoms with van der Waals surface area (Å²) in [5.41, 5.74) is 0.589. The van der Waals surface area contributed by atoms with E-state index in [0.717, 1.165) is 0 Å². The highest BCUT2D eigenvalue weighted by Gasteiger charge is 2.16. The number of para-hydroxylation sites is 2. The Labute approximate surface area is 116 Å². The van der Waals surface area contributed by atoms with E-state index in [-0.39, 0.29) is 13.0 Å². The summed E-state index contributed by atoms with van der Waals surface area (Å²) in [6.45, 7) is 0.0613. The van der Waals surface area contributed by atoms with Crippen molar-refractivity contribution in [2.75, 3.05) is 25.6 Å². The molecule has 1 atom stereocenters. The van der Waals surface area contributed by atoms with Gasteiger partial charge in [-0.15, -0.1) is 0 Å². The van der Waals surface area contributed by atoms with E-state index in [9.17, 15) is 9.59 Å². The number of methoxy groups -OCH3 is 1. The molecule has 3 N–H and O–H groups in total. The molecule has 0 aliphatic rings. The lowest BCUT2D eigenvalue weighted by Crippen LogP contribution is -2.39. The second-order valence-electron chi connectivity index (χ2n) is 4.11. The molecule has 0 heterocycles. The van der Waals surface area contributed by atoms with Crippen LogP contribution in [0.3, 0.4) is 0 Å². The van der Waals surface area contributed by atoms with Gasteiger partial charge >= 0.3 is 12.0 Å². The molecule has 2 amide bonds. The van der Waals surface area contributed by atoms with Crippen molar-refractivity contribution in [3.8, 4) is 5.75 Å². The first-order valence-electron chi connectivity index (χ1n) is 6.02. The zero-order valence-electron chi connectivity index (χ0n) is 11.4. The molecule has 0 fully saturated rings. The van der Waals surface area contributed by atoms with Gasteiger partial charge in [0.25, 0.3) is 0 Å². The number of nitrogens with one attached hydrogen (secondary N) is 1. The van der Waals surface area contributed by atoms with Gasteiger partial charge in [-0.1, -0.05) is 12.1 Å². The SMILES string of the molecule is COc1ccccc1N(C)C(=O)NCC[C@H](O)C(=O)O. The average molecular weight is 282 g/mol. The molecular weight excluding hydrogens is 264 g/mol. The Morgan fingerprint density at radius 3 is 2.65 bits per heavy atom. The van der Waals surface area contributed by atoms with Gasteiger partial charge in [0, 0.05) is 20.0 Å². The summed E-state index contributed by atoms with van der Waals surface area (Å²) in [5, 5.41) is 20.1. The van der Waals surface area contributed by atoms with Crippen LogP contribution in [0.15, 0.2) is 24.3 Å². The molecule has 0 saturated heterocycles. The Morgan fingerprint density at radius 1 is 1.40 bits per heavy atom. The van der Waals surface area contributed by atoms with E-state index in [1.807, 2.05) is 0 Å². The van der Waals surface area contributed by atoms with E-state index >= 15 is 0 Å². The van der Waals surface area contributed by atoms with Crippen molar-refractivity contribution in [3.05, 3.63) is 24.3 Å². The zero-order valence-corrected chi connectivity index (χ0v) is 11.4. The molecule has 20 heavy (non-hydrogen) atoms. The third kappa shape index (κ3) is 4.13. The van der Waals surface area contributed by atoms with Gasteiger partial charge in [-0.25, -0.2) is 9.59 Å². The molecule has 1 aromatic rings. The lowest BCUT2D eigenvalue weighted by Gasteiger charge is -2.20. The number of carbonyl (C=O) groups excluding carboxylic acids is 1. The highest BCUT2D eigenvalue weighted by Crippen LogP contribution is 2.26. The van der Waals surface area contributed by atoms with Crippen LogP contribution in [0.5, 0.6) is 5.75 Å². The number of aliphatic hydroxyl groups excluding tert-OH is 1. The van der Waals surface area contributed by atoms with Crippen LogP contribution in [0.2, 0.25) is 0 Å². The smallest absolute Gasteiger partial charge is 0.332 e. The Bertz CT molecular complexity index is 478. The van der Waals surface area contributed by atoms with Crippen LogP contribution in [0.25, 0.3) is 0 Å². The fraction of sp³-hybridized carbons (Fsp3) is 0.385. The van der Waals surface area contributed by atoms with Crippen molar-refractivity contribution in [2.24, 2.45) is 0 Å². The molecule has 0 spiro atoms. The molecule has 110 valence electrons. The summed E-state index contributed by atoms with van der Waals surface area (Å²) in [6.07, 6.45) is -1.53. The van der Waals surface area contributed by atoms with Gasteiger partial charge < -0.3 is 20.3 Å². The molecule has 7 nitrogen and oxygen atoms in total. The number of aliphatic hydroxyl groups is 1. The minimum Gasteiger partial charge on any atom is -0.495 e. The van der Waals surface area contributed by atoms with E-state index in [4.69, 9.17) is 14.9 Å². The average Bonchev–Trinajstić information content (AvgIpc) is 2.45. The molecule has 0 aromatic heterocycles. The number of amides is 2. The number of urea groups is 1. The highest BCUT2D eigenvalue weighted by molar-refractivity contribution is 5.93. The quantitative estimate of drug-likeness (QED) is 0.712.